The van der Waals surface area contributed by atoms with Crippen molar-refractivity contribution >= 4 is 29.4 Å². The van der Waals surface area contributed by atoms with Gasteiger partial charge in [-0.3, -0.25) is 9.59 Å². The second-order valence-corrected chi connectivity index (χ2v) is 12.4. The molecular formula is C34H40ClN5O3. The van der Waals surface area contributed by atoms with Gasteiger partial charge in [-0.25, -0.2) is 9.97 Å². The molecule has 1 aliphatic carbocycles. The Balaban J connectivity index is 1.25. The number of morpholine rings is 1. The number of carbonyl (C=O) groups is 2. The average Bonchev–Trinajstić information content (AvgIpc) is 3.73. The lowest BCUT2D eigenvalue weighted by atomic mass is 10.0. The van der Waals surface area contributed by atoms with Crippen molar-refractivity contribution < 1.29 is 14.3 Å². The quantitative estimate of drug-likeness (QED) is 0.369. The molecule has 2 aromatic carbocycles. The first-order valence-electron chi connectivity index (χ1n) is 15.6. The normalized spacial score (nSPS) is 20.9. The third kappa shape index (κ3) is 6.86. The van der Waals surface area contributed by atoms with Crippen LogP contribution in [0.1, 0.15) is 77.3 Å². The first-order valence-corrected chi connectivity index (χ1v) is 16.0. The molecule has 1 saturated carbocycles. The molecule has 0 radical (unpaired) electrons. The molecular weight excluding hydrogens is 562 g/mol. The molecule has 0 spiro atoms. The van der Waals surface area contributed by atoms with Crippen molar-refractivity contribution in [3.05, 3.63) is 87.7 Å². The molecule has 2 atom stereocenters. The topological polar surface area (TPSA) is 87.7 Å². The summed E-state index contributed by atoms with van der Waals surface area (Å²) in [5, 5.41) is 3.84. The number of nitrogens with one attached hydrogen (secondary N) is 1. The largest absolute Gasteiger partial charge is 0.365 e. The summed E-state index contributed by atoms with van der Waals surface area (Å²) in [6.45, 7) is 3.93. The summed E-state index contributed by atoms with van der Waals surface area (Å²) < 4.78 is 5.81. The third-order valence-corrected chi connectivity index (χ3v) is 9.34. The lowest BCUT2D eigenvalue weighted by Gasteiger charge is -2.33. The fraction of sp³-hybridized carbons (Fsp3) is 0.471. The Morgan fingerprint density at radius 3 is 2.58 bits per heavy atom. The standard InChI is InChI=1S/C34H40ClN5O3/c1-23-7-2-3-8-24(23)14-17-29-28(33(42)39-19-20-43-31(22-39)32(41)37-27-9-4-5-10-27)21-36-34(38-29)40-18-6-11-30(40)25-12-15-26(35)16-13-25/h2-3,7-8,12-13,15-16,21,27,30-31H,4-6,9-11,14,17-20,22H2,1H3,(H,37,41)/t30-,31-/m1/s1. The number of amides is 2. The van der Waals surface area contributed by atoms with E-state index in [4.69, 9.17) is 26.3 Å². The minimum Gasteiger partial charge on any atom is -0.365 e. The van der Waals surface area contributed by atoms with E-state index in [0.29, 0.717) is 36.1 Å². The SMILES string of the molecule is Cc1ccccc1CCc1nc(N2CCC[C@@H]2c2ccc(Cl)cc2)ncc1C(=O)N1CCO[C@@H](C(=O)NC2CCCC2)C1. The predicted molar refractivity (Wildman–Crippen MR) is 167 cm³/mol. The zero-order valence-corrected chi connectivity index (χ0v) is 25.6. The highest BCUT2D eigenvalue weighted by Crippen LogP contribution is 2.35. The predicted octanol–water partition coefficient (Wildman–Crippen LogP) is 5.46. The van der Waals surface area contributed by atoms with Crippen LogP contribution in [0.4, 0.5) is 5.95 Å². The number of rotatable bonds is 8. The van der Waals surface area contributed by atoms with Crippen molar-refractivity contribution in [1.82, 2.24) is 20.2 Å². The van der Waals surface area contributed by atoms with Crippen LogP contribution in [0.2, 0.25) is 5.02 Å². The van der Waals surface area contributed by atoms with E-state index >= 15 is 0 Å². The zero-order chi connectivity index (χ0) is 29.8. The Hall–Kier alpha value is -3.49. The van der Waals surface area contributed by atoms with Gasteiger partial charge >= 0.3 is 0 Å². The van der Waals surface area contributed by atoms with Gasteiger partial charge in [0.05, 0.1) is 30.5 Å². The van der Waals surface area contributed by atoms with Crippen LogP contribution in [0.5, 0.6) is 0 Å². The molecule has 0 bridgehead atoms. The van der Waals surface area contributed by atoms with Crippen LogP contribution in [-0.2, 0) is 22.4 Å². The number of hydrogen-bond donors (Lipinski definition) is 1. The van der Waals surface area contributed by atoms with E-state index in [-0.39, 0.29) is 30.4 Å². The lowest BCUT2D eigenvalue weighted by molar-refractivity contribution is -0.137. The summed E-state index contributed by atoms with van der Waals surface area (Å²) in [5.41, 5.74) is 4.87. The first-order chi connectivity index (χ1) is 21.0. The molecule has 9 heteroatoms. The smallest absolute Gasteiger partial charge is 0.257 e. The number of hydrogen-bond acceptors (Lipinski definition) is 6. The van der Waals surface area contributed by atoms with Crippen LogP contribution in [0.3, 0.4) is 0 Å². The van der Waals surface area contributed by atoms with Gasteiger partial charge in [0.2, 0.25) is 5.95 Å². The summed E-state index contributed by atoms with van der Waals surface area (Å²) in [6, 6.07) is 16.7. The Labute approximate surface area is 258 Å². The minimum absolute atomic E-state index is 0.127. The summed E-state index contributed by atoms with van der Waals surface area (Å²) in [4.78, 5) is 40.7. The maximum absolute atomic E-state index is 14.0. The monoisotopic (exact) mass is 601 g/mol. The molecule has 0 unspecified atom stereocenters. The van der Waals surface area contributed by atoms with Crippen molar-refractivity contribution in [1.29, 1.82) is 0 Å². The summed E-state index contributed by atoms with van der Waals surface area (Å²) in [7, 11) is 0. The number of aromatic nitrogens is 2. The van der Waals surface area contributed by atoms with Crippen LogP contribution in [-0.4, -0.2) is 65.1 Å². The van der Waals surface area contributed by atoms with Crippen molar-refractivity contribution in [3.8, 4) is 0 Å². The van der Waals surface area contributed by atoms with Gasteiger partial charge in [0.25, 0.3) is 11.8 Å². The Morgan fingerprint density at radius 2 is 1.79 bits per heavy atom. The third-order valence-electron chi connectivity index (χ3n) is 9.09. The molecule has 1 aromatic heterocycles. The Morgan fingerprint density at radius 1 is 1.00 bits per heavy atom. The zero-order valence-electron chi connectivity index (χ0n) is 24.8. The van der Waals surface area contributed by atoms with Crippen molar-refractivity contribution in [2.45, 2.75) is 76.5 Å². The number of anilines is 1. The van der Waals surface area contributed by atoms with Gasteiger partial charge in [0, 0.05) is 30.4 Å². The summed E-state index contributed by atoms with van der Waals surface area (Å²) in [5.74, 6) is 0.367. The van der Waals surface area contributed by atoms with E-state index in [0.717, 1.165) is 57.2 Å². The van der Waals surface area contributed by atoms with Gasteiger partial charge in [-0.05, 0) is 74.3 Å². The van der Waals surface area contributed by atoms with E-state index in [1.165, 1.54) is 16.7 Å². The van der Waals surface area contributed by atoms with E-state index in [1.54, 1.807) is 11.1 Å². The molecule has 226 valence electrons. The molecule has 8 nitrogen and oxygen atoms in total. The number of benzene rings is 2. The molecule has 3 fully saturated rings. The Kier molecular flexibility index (Phi) is 9.24. The molecule has 2 amide bonds. The molecule has 1 N–H and O–H groups in total. The van der Waals surface area contributed by atoms with Crippen LogP contribution in [0.25, 0.3) is 0 Å². The number of nitrogens with zero attached hydrogens (tertiary/aromatic N) is 4. The van der Waals surface area contributed by atoms with Gasteiger partial charge in [-0.15, -0.1) is 0 Å². The lowest BCUT2D eigenvalue weighted by Crippen LogP contribution is -2.53. The second-order valence-electron chi connectivity index (χ2n) is 12.0. The molecule has 6 rings (SSSR count). The highest BCUT2D eigenvalue weighted by molar-refractivity contribution is 6.30. The molecule has 43 heavy (non-hydrogen) atoms. The fourth-order valence-corrected chi connectivity index (χ4v) is 6.75. The second kappa shape index (κ2) is 13.4. The molecule has 3 aromatic rings. The number of carbonyl (C=O) groups excluding carboxylic acids is 2. The fourth-order valence-electron chi connectivity index (χ4n) is 6.62. The van der Waals surface area contributed by atoms with Gasteiger partial charge < -0.3 is 19.9 Å². The van der Waals surface area contributed by atoms with Crippen LogP contribution in [0.15, 0.2) is 54.7 Å². The highest BCUT2D eigenvalue weighted by atomic mass is 35.5. The summed E-state index contributed by atoms with van der Waals surface area (Å²) >= 11 is 6.16. The Bertz CT molecular complexity index is 1440. The van der Waals surface area contributed by atoms with Crippen molar-refractivity contribution in [2.24, 2.45) is 0 Å². The maximum Gasteiger partial charge on any atom is 0.257 e. The van der Waals surface area contributed by atoms with Gasteiger partial charge in [-0.1, -0.05) is 60.8 Å². The van der Waals surface area contributed by atoms with E-state index in [1.807, 2.05) is 24.3 Å². The molecule has 2 aliphatic heterocycles. The van der Waals surface area contributed by atoms with Gasteiger partial charge in [-0.2, -0.15) is 0 Å². The van der Waals surface area contributed by atoms with Crippen LogP contribution in [0, 0.1) is 6.92 Å². The maximum atomic E-state index is 14.0. The number of halogens is 1. The molecule has 2 saturated heterocycles. The molecule has 3 aliphatic rings. The minimum atomic E-state index is -0.668. The van der Waals surface area contributed by atoms with Crippen molar-refractivity contribution in [3.63, 3.8) is 0 Å². The highest BCUT2D eigenvalue weighted by Gasteiger charge is 2.33. The average molecular weight is 602 g/mol. The van der Waals surface area contributed by atoms with Crippen molar-refractivity contribution in [2.75, 3.05) is 31.1 Å². The van der Waals surface area contributed by atoms with Crippen LogP contribution >= 0.6 is 11.6 Å². The summed E-state index contributed by atoms with van der Waals surface area (Å²) in [6.07, 6.45) is 8.72. The van der Waals surface area contributed by atoms with Gasteiger partial charge in [0.15, 0.2) is 6.10 Å². The number of aryl methyl sites for hydroxylation is 3. The number of ether oxygens (including phenoxy) is 1. The van der Waals surface area contributed by atoms with E-state index in [9.17, 15) is 9.59 Å². The first kappa shape index (κ1) is 29.6. The van der Waals surface area contributed by atoms with E-state index in [2.05, 4.69) is 41.4 Å². The van der Waals surface area contributed by atoms with E-state index < -0.39 is 6.10 Å². The molecule has 3 heterocycles. The van der Waals surface area contributed by atoms with Crippen LogP contribution < -0.4 is 10.2 Å². The van der Waals surface area contributed by atoms with Gasteiger partial charge in [0.1, 0.15) is 0 Å².